The van der Waals surface area contributed by atoms with Crippen molar-refractivity contribution >= 4 is 5.97 Å². The minimum absolute atomic E-state index is 0.201. The smallest absolute Gasteiger partial charge is 0.323 e. The molecular weight excluding hydrogens is 206 g/mol. The number of carbonyl (C=O) groups is 1. The first-order valence-electron chi connectivity index (χ1n) is 6.08. The molecule has 0 radical (unpaired) electrons. The van der Waals surface area contributed by atoms with Gasteiger partial charge in [0.1, 0.15) is 5.54 Å². The van der Waals surface area contributed by atoms with Gasteiger partial charge >= 0.3 is 5.97 Å². The zero-order valence-corrected chi connectivity index (χ0v) is 10.5. The lowest BCUT2D eigenvalue weighted by atomic mass is 10.0. The molecule has 1 atom stereocenters. The average molecular weight is 229 g/mol. The lowest BCUT2D eigenvalue weighted by molar-refractivity contribution is -0.150. The molecule has 4 nitrogen and oxygen atoms in total. The van der Waals surface area contributed by atoms with E-state index in [9.17, 15) is 9.90 Å². The van der Waals surface area contributed by atoms with Crippen LogP contribution in [0.4, 0.5) is 0 Å². The van der Waals surface area contributed by atoms with Crippen LogP contribution < -0.4 is 0 Å². The summed E-state index contributed by atoms with van der Waals surface area (Å²) in [5.41, 5.74) is -0.810. The Bertz CT molecular complexity index is 234. The Morgan fingerprint density at radius 1 is 1.50 bits per heavy atom. The van der Waals surface area contributed by atoms with Crippen molar-refractivity contribution in [3.8, 4) is 0 Å². The SMILES string of the molecule is CCN(CC1CCCCO1)C(C)(C)C(=O)O. The summed E-state index contributed by atoms with van der Waals surface area (Å²) < 4.78 is 5.65. The highest BCUT2D eigenvalue weighted by molar-refractivity contribution is 5.77. The van der Waals surface area contributed by atoms with E-state index in [0.717, 1.165) is 32.5 Å². The minimum atomic E-state index is -0.810. The second kappa shape index (κ2) is 5.64. The molecule has 0 aromatic rings. The van der Waals surface area contributed by atoms with Gasteiger partial charge < -0.3 is 9.84 Å². The Morgan fingerprint density at radius 2 is 2.19 bits per heavy atom. The molecule has 0 spiro atoms. The van der Waals surface area contributed by atoms with Crippen LogP contribution in [0.3, 0.4) is 0 Å². The third-order valence-corrected chi connectivity index (χ3v) is 3.39. The maximum absolute atomic E-state index is 11.2. The van der Waals surface area contributed by atoms with E-state index in [4.69, 9.17) is 4.74 Å². The van der Waals surface area contributed by atoms with Gasteiger partial charge in [-0.15, -0.1) is 0 Å². The first-order chi connectivity index (χ1) is 7.48. The highest BCUT2D eigenvalue weighted by Gasteiger charge is 2.35. The van der Waals surface area contributed by atoms with Crippen LogP contribution in [-0.4, -0.2) is 47.3 Å². The standard InChI is InChI=1S/C12H23NO3/c1-4-13(12(2,3)11(14)15)9-10-7-5-6-8-16-10/h10H,4-9H2,1-3H3,(H,14,15). The largest absolute Gasteiger partial charge is 0.480 e. The molecule has 1 N–H and O–H groups in total. The Labute approximate surface area is 97.6 Å². The Kier molecular flexibility index (Phi) is 4.74. The lowest BCUT2D eigenvalue weighted by Crippen LogP contribution is -2.53. The molecule has 1 aliphatic heterocycles. The molecule has 1 unspecified atom stereocenters. The summed E-state index contributed by atoms with van der Waals surface area (Å²) in [6.07, 6.45) is 3.57. The van der Waals surface area contributed by atoms with Gasteiger partial charge in [0.15, 0.2) is 0 Å². The Balaban J connectivity index is 2.56. The van der Waals surface area contributed by atoms with Crippen LogP contribution >= 0.6 is 0 Å². The third kappa shape index (κ3) is 3.19. The quantitative estimate of drug-likeness (QED) is 0.780. The summed E-state index contributed by atoms with van der Waals surface area (Å²) in [5.74, 6) is -0.773. The number of nitrogens with zero attached hydrogens (tertiary/aromatic N) is 1. The van der Waals surface area contributed by atoms with Gasteiger partial charge in [-0.1, -0.05) is 6.92 Å². The summed E-state index contributed by atoms with van der Waals surface area (Å²) in [5, 5.41) is 9.19. The van der Waals surface area contributed by atoms with Gasteiger partial charge in [0, 0.05) is 13.2 Å². The number of likely N-dealkylation sites (N-methyl/N-ethyl adjacent to an activating group) is 1. The van der Waals surface area contributed by atoms with Crippen LogP contribution in [0.5, 0.6) is 0 Å². The highest BCUT2D eigenvalue weighted by Crippen LogP contribution is 2.19. The lowest BCUT2D eigenvalue weighted by Gasteiger charge is -2.37. The maximum atomic E-state index is 11.2. The number of hydrogen-bond acceptors (Lipinski definition) is 3. The zero-order valence-electron chi connectivity index (χ0n) is 10.5. The molecule has 1 heterocycles. The van der Waals surface area contributed by atoms with E-state index in [2.05, 4.69) is 0 Å². The number of hydrogen-bond donors (Lipinski definition) is 1. The van der Waals surface area contributed by atoms with Gasteiger partial charge in [-0.3, -0.25) is 9.69 Å². The van der Waals surface area contributed by atoms with Crippen LogP contribution in [0, 0.1) is 0 Å². The number of carboxylic acids is 1. The van der Waals surface area contributed by atoms with Crippen LogP contribution in [0.25, 0.3) is 0 Å². The van der Waals surface area contributed by atoms with Gasteiger partial charge in [-0.25, -0.2) is 0 Å². The summed E-state index contributed by atoms with van der Waals surface area (Å²) >= 11 is 0. The molecule has 0 amide bonds. The Hall–Kier alpha value is -0.610. The number of rotatable bonds is 5. The van der Waals surface area contributed by atoms with Crippen LogP contribution in [0.15, 0.2) is 0 Å². The molecule has 0 aliphatic carbocycles. The third-order valence-electron chi connectivity index (χ3n) is 3.39. The summed E-state index contributed by atoms with van der Waals surface area (Å²) in [6, 6.07) is 0. The fraction of sp³-hybridized carbons (Fsp3) is 0.917. The van der Waals surface area contributed by atoms with Crippen molar-refractivity contribution in [2.45, 2.75) is 51.7 Å². The maximum Gasteiger partial charge on any atom is 0.323 e. The molecule has 1 rings (SSSR count). The van der Waals surface area contributed by atoms with Crippen molar-refractivity contribution < 1.29 is 14.6 Å². The van der Waals surface area contributed by atoms with Gasteiger partial charge in [-0.2, -0.15) is 0 Å². The van der Waals surface area contributed by atoms with E-state index in [-0.39, 0.29) is 6.10 Å². The molecule has 16 heavy (non-hydrogen) atoms. The predicted octanol–water partition coefficient (Wildman–Crippen LogP) is 1.74. The number of carboxylic acid groups (broad SMARTS) is 1. The zero-order chi connectivity index (χ0) is 12.2. The van der Waals surface area contributed by atoms with Gasteiger partial charge in [0.25, 0.3) is 0 Å². The first-order valence-corrected chi connectivity index (χ1v) is 6.08. The molecule has 0 bridgehead atoms. The van der Waals surface area contributed by atoms with Gasteiger partial charge in [-0.05, 0) is 39.7 Å². The summed E-state index contributed by atoms with van der Waals surface area (Å²) in [4.78, 5) is 13.2. The molecule has 0 aromatic carbocycles. The van der Waals surface area contributed by atoms with E-state index >= 15 is 0 Å². The number of aliphatic carboxylic acids is 1. The van der Waals surface area contributed by atoms with Crippen LogP contribution in [0.2, 0.25) is 0 Å². The normalized spacial score (nSPS) is 22.4. The van der Waals surface area contributed by atoms with E-state index in [0.29, 0.717) is 0 Å². The van der Waals surface area contributed by atoms with E-state index < -0.39 is 11.5 Å². The van der Waals surface area contributed by atoms with E-state index in [1.807, 2.05) is 11.8 Å². The van der Waals surface area contributed by atoms with Crippen molar-refractivity contribution in [1.29, 1.82) is 0 Å². The highest BCUT2D eigenvalue weighted by atomic mass is 16.5. The molecule has 94 valence electrons. The molecular formula is C12H23NO3. The predicted molar refractivity (Wildman–Crippen MR) is 62.6 cm³/mol. The van der Waals surface area contributed by atoms with Crippen LogP contribution in [-0.2, 0) is 9.53 Å². The van der Waals surface area contributed by atoms with Crippen molar-refractivity contribution in [3.05, 3.63) is 0 Å². The molecule has 1 saturated heterocycles. The monoisotopic (exact) mass is 229 g/mol. The van der Waals surface area contributed by atoms with Gasteiger partial charge in [0.05, 0.1) is 6.10 Å². The fourth-order valence-electron chi connectivity index (χ4n) is 2.09. The molecule has 0 saturated carbocycles. The van der Waals surface area contributed by atoms with E-state index in [1.54, 1.807) is 13.8 Å². The van der Waals surface area contributed by atoms with Crippen molar-refractivity contribution in [3.63, 3.8) is 0 Å². The molecule has 1 fully saturated rings. The van der Waals surface area contributed by atoms with Gasteiger partial charge in [0.2, 0.25) is 0 Å². The molecule has 1 aliphatic rings. The average Bonchev–Trinajstić information content (AvgIpc) is 2.26. The van der Waals surface area contributed by atoms with Crippen molar-refractivity contribution in [2.24, 2.45) is 0 Å². The number of ether oxygens (including phenoxy) is 1. The van der Waals surface area contributed by atoms with Crippen molar-refractivity contribution in [1.82, 2.24) is 4.90 Å². The minimum Gasteiger partial charge on any atom is -0.480 e. The first kappa shape index (κ1) is 13.5. The molecule has 4 heteroatoms. The Morgan fingerprint density at radius 3 is 2.62 bits per heavy atom. The van der Waals surface area contributed by atoms with E-state index in [1.165, 1.54) is 6.42 Å². The second-order valence-electron chi connectivity index (χ2n) is 4.89. The summed E-state index contributed by atoms with van der Waals surface area (Å²) in [7, 11) is 0. The van der Waals surface area contributed by atoms with Crippen LogP contribution in [0.1, 0.15) is 40.0 Å². The topological polar surface area (TPSA) is 49.8 Å². The fourth-order valence-corrected chi connectivity index (χ4v) is 2.09. The summed E-state index contributed by atoms with van der Waals surface area (Å²) in [6.45, 7) is 7.77. The molecule has 0 aromatic heterocycles. The second-order valence-corrected chi connectivity index (χ2v) is 4.89. The van der Waals surface area contributed by atoms with Crippen molar-refractivity contribution in [2.75, 3.05) is 19.7 Å².